The van der Waals surface area contributed by atoms with Crippen LogP contribution in [0.2, 0.25) is 5.82 Å². The molecule has 0 aliphatic heterocycles. The molecule has 9 atom stereocenters. The lowest BCUT2D eigenvalue weighted by atomic mass is 9.23. The van der Waals surface area contributed by atoms with Crippen LogP contribution >= 0.6 is 0 Å². The van der Waals surface area contributed by atoms with Gasteiger partial charge in [-0.25, -0.2) is 0 Å². The first kappa shape index (κ1) is 7.36. The second kappa shape index (κ2) is 1.97. The molecule has 5 saturated carbocycles. The fourth-order valence-electron chi connectivity index (χ4n) is 6.43. The van der Waals surface area contributed by atoms with Crippen molar-refractivity contribution in [2.75, 3.05) is 0 Å². The van der Waals surface area contributed by atoms with Gasteiger partial charge in [0.2, 0.25) is 0 Å². The van der Waals surface area contributed by atoms with Crippen molar-refractivity contribution in [1.82, 2.24) is 0 Å². The highest BCUT2D eigenvalue weighted by molar-refractivity contribution is 6.12. The summed E-state index contributed by atoms with van der Waals surface area (Å²) >= 11 is 0. The van der Waals surface area contributed by atoms with Gasteiger partial charge >= 0.3 is 0 Å². The van der Waals surface area contributed by atoms with E-state index in [1.165, 1.54) is 42.4 Å². The smallest absolute Gasteiger partial charge is 0.0703 e. The van der Waals surface area contributed by atoms with Crippen molar-refractivity contribution in [3.63, 3.8) is 0 Å². The van der Waals surface area contributed by atoms with Crippen LogP contribution in [-0.4, -0.2) is 7.85 Å². The molecule has 0 bridgehead atoms. The molecule has 72 valence electrons. The molecule has 0 aromatic heterocycles. The van der Waals surface area contributed by atoms with E-state index in [4.69, 9.17) is 7.85 Å². The average Bonchev–Trinajstić information content (AvgIpc) is 2.40. The van der Waals surface area contributed by atoms with E-state index in [-0.39, 0.29) is 0 Å². The highest BCUT2D eigenvalue weighted by Crippen LogP contribution is 2.82. The fraction of sp³-hybridized carbons (Fsp3) is 1.00. The van der Waals surface area contributed by atoms with E-state index in [0.717, 1.165) is 17.8 Å². The fourth-order valence-corrected chi connectivity index (χ4v) is 6.43. The first-order valence-corrected chi connectivity index (χ1v) is 6.63. The Labute approximate surface area is 87.2 Å². The number of rotatable bonds is 0. The van der Waals surface area contributed by atoms with Crippen LogP contribution in [0.5, 0.6) is 0 Å². The van der Waals surface area contributed by atoms with Crippen molar-refractivity contribution < 1.29 is 0 Å². The lowest BCUT2D eigenvalue weighted by Gasteiger charge is -2.81. The lowest BCUT2D eigenvalue weighted by molar-refractivity contribution is -0.330. The van der Waals surface area contributed by atoms with Crippen LogP contribution in [0.1, 0.15) is 25.7 Å². The molecule has 5 aliphatic rings. The molecular weight excluding hydrogens is 167 g/mol. The molecule has 0 aromatic rings. The number of hydrogen-bond acceptors (Lipinski definition) is 0. The van der Waals surface area contributed by atoms with E-state index in [2.05, 4.69) is 0 Å². The summed E-state index contributed by atoms with van der Waals surface area (Å²) in [4.78, 5) is 0. The van der Waals surface area contributed by atoms with Gasteiger partial charge in [0.1, 0.15) is 0 Å². The molecule has 0 aromatic carbocycles. The van der Waals surface area contributed by atoms with Crippen LogP contribution in [-0.2, 0) is 0 Å². The molecule has 0 heterocycles. The molecule has 0 spiro atoms. The van der Waals surface area contributed by atoms with Gasteiger partial charge in [-0.3, -0.25) is 0 Å². The van der Waals surface area contributed by atoms with Crippen LogP contribution in [0, 0.1) is 47.3 Å². The van der Waals surface area contributed by atoms with E-state index < -0.39 is 0 Å². The predicted octanol–water partition coefficient (Wildman–Crippen LogP) is 2.50. The third-order valence-electron chi connectivity index (χ3n) is 6.91. The molecular formula is C13H17B. The van der Waals surface area contributed by atoms with Crippen molar-refractivity contribution in [1.29, 1.82) is 0 Å². The first-order chi connectivity index (χ1) is 6.88. The largest absolute Gasteiger partial charge is 0.0740 e. The maximum absolute atomic E-state index is 6.24. The summed E-state index contributed by atoms with van der Waals surface area (Å²) in [6, 6.07) is 0. The third-order valence-corrected chi connectivity index (χ3v) is 6.91. The molecule has 1 heteroatoms. The van der Waals surface area contributed by atoms with E-state index >= 15 is 0 Å². The normalized spacial score (nSPS) is 76.4. The van der Waals surface area contributed by atoms with E-state index in [1.807, 2.05) is 0 Å². The molecule has 5 fully saturated rings. The van der Waals surface area contributed by atoms with Crippen molar-refractivity contribution in [2.45, 2.75) is 31.5 Å². The molecule has 0 N–H and O–H groups in total. The summed E-state index contributed by atoms with van der Waals surface area (Å²) in [6.45, 7) is 0. The Balaban J connectivity index is 1.49. The Hall–Kier alpha value is 0.0649. The van der Waals surface area contributed by atoms with Gasteiger partial charge in [0.15, 0.2) is 0 Å². The molecule has 5 aliphatic carbocycles. The van der Waals surface area contributed by atoms with Crippen LogP contribution < -0.4 is 0 Å². The van der Waals surface area contributed by atoms with Gasteiger partial charge in [-0.15, -0.1) is 0 Å². The van der Waals surface area contributed by atoms with Gasteiger partial charge < -0.3 is 0 Å². The van der Waals surface area contributed by atoms with Gasteiger partial charge in [-0.2, -0.15) is 0 Å². The SMILES string of the molecule is [B]C1CCC2C1C1C3C4CCC4C3C21. The topological polar surface area (TPSA) is 0 Å². The Morgan fingerprint density at radius 2 is 1.14 bits per heavy atom. The maximum Gasteiger partial charge on any atom is 0.0703 e. The van der Waals surface area contributed by atoms with E-state index in [1.54, 1.807) is 12.8 Å². The van der Waals surface area contributed by atoms with E-state index in [9.17, 15) is 0 Å². The summed E-state index contributed by atoms with van der Waals surface area (Å²) in [5.41, 5.74) is 0. The maximum atomic E-state index is 6.24. The molecule has 14 heavy (non-hydrogen) atoms. The minimum Gasteiger partial charge on any atom is -0.0740 e. The lowest BCUT2D eigenvalue weighted by Crippen LogP contribution is -2.76. The summed E-state index contributed by atoms with van der Waals surface area (Å²) in [6.07, 6.45) is 5.98. The molecule has 9 unspecified atom stereocenters. The minimum atomic E-state index is 0.598. The standard InChI is InChI=1S/C13H17B/c14-8-4-3-7-9(8)13-11-6-2-1-5(6)10(11)12(7)13/h5-13H,1-4H2. The van der Waals surface area contributed by atoms with Crippen molar-refractivity contribution >= 4 is 7.85 Å². The Kier molecular flexibility index (Phi) is 1.04. The van der Waals surface area contributed by atoms with Gasteiger partial charge in [0.25, 0.3) is 0 Å². The van der Waals surface area contributed by atoms with Gasteiger partial charge in [-0.1, -0.05) is 18.7 Å². The zero-order valence-electron chi connectivity index (χ0n) is 8.60. The first-order valence-electron chi connectivity index (χ1n) is 6.63. The van der Waals surface area contributed by atoms with Crippen LogP contribution in [0.15, 0.2) is 0 Å². The van der Waals surface area contributed by atoms with Gasteiger partial charge in [0.05, 0.1) is 7.85 Å². The zero-order valence-corrected chi connectivity index (χ0v) is 8.60. The highest BCUT2D eigenvalue weighted by atomic mass is 14.8. The third kappa shape index (κ3) is 0.505. The second-order valence-corrected chi connectivity index (χ2v) is 6.70. The highest BCUT2D eigenvalue weighted by Gasteiger charge is 2.77. The van der Waals surface area contributed by atoms with E-state index in [0.29, 0.717) is 5.82 Å². The monoisotopic (exact) mass is 184 g/mol. The average molecular weight is 184 g/mol. The number of fused-ring (bicyclic) bond motifs is 10. The van der Waals surface area contributed by atoms with Crippen molar-refractivity contribution in [3.8, 4) is 0 Å². The van der Waals surface area contributed by atoms with Crippen molar-refractivity contribution in [3.05, 3.63) is 0 Å². The molecule has 2 radical (unpaired) electrons. The molecule has 5 rings (SSSR count). The summed E-state index contributed by atoms with van der Waals surface area (Å²) in [5, 5.41) is 0. The summed E-state index contributed by atoms with van der Waals surface area (Å²) in [7, 11) is 6.24. The van der Waals surface area contributed by atoms with Crippen LogP contribution in [0.4, 0.5) is 0 Å². The predicted molar refractivity (Wildman–Crippen MR) is 55.9 cm³/mol. The van der Waals surface area contributed by atoms with Gasteiger partial charge in [-0.05, 0) is 60.2 Å². The van der Waals surface area contributed by atoms with Gasteiger partial charge in [0, 0.05) is 0 Å². The molecule has 0 saturated heterocycles. The Morgan fingerprint density at radius 1 is 0.571 bits per heavy atom. The summed E-state index contributed by atoms with van der Waals surface area (Å²) < 4.78 is 0. The quantitative estimate of drug-likeness (QED) is 0.400. The molecule has 0 amide bonds. The Morgan fingerprint density at radius 3 is 1.86 bits per heavy atom. The van der Waals surface area contributed by atoms with Crippen LogP contribution in [0.25, 0.3) is 0 Å². The summed E-state index contributed by atoms with van der Waals surface area (Å²) in [5.74, 6) is 9.79. The number of hydrogen-bond donors (Lipinski definition) is 0. The minimum absolute atomic E-state index is 0.598. The second-order valence-electron chi connectivity index (χ2n) is 6.70. The molecule has 0 nitrogen and oxygen atoms in total. The Bertz CT molecular complexity index is 310. The van der Waals surface area contributed by atoms with Crippen molar-refractivity contribution in [2.24, 2.45) is 47.3 Å². The van der Waals surface area contributed by atoms with Crippen LogP contribution in [0.3, 0.4) is 0 Å². The zero-order chi connectivity index (χ0) is 9.02.